The molecule has 0 fully saturated rings. The maximum Gasteiger partial charge on any atom is 0.191 e. The summed E-state index contributed by atoms with van der Waals surface area (Å²) in [5.41, 5.74) is 0.919. The van der Waals surface area contributed by atoms with Gasteiger partial charge in [0.1, 0.15) is 30.3 Å². The predicted octanol–water partition coefficient (Wildman–Crippen LogP) is 1.39. The Morgan fingerprint density at radius 1 is 1.21 bits per heavy atom. The van der Waals surface area contributed by atoms with Crippen LogP contribution in [0.5, 0.6) is 5.75 Å². The molecule has 0 aliphatic rings. The Labute approximate surface area is 169 Å². The molecule has 0 radical (unpaired) electrons. The number of rotatable bonds is 9. The van der Waals surface area contributed by atoms with Crippen LogP contribution in [0.2, 0.25) is 0 Å². The summed E-state index contributed by atoms with van der Waals surface area (Å²) in [5, 5.41) is 21.8. The highest BCUT2D eigenvalue weighted by atomic mass is 16.5. The fourth-order valence-corrected chi connectivity index (χ4v) is 2.77. The van der Waals surface area contributed by atoms with Gasteiger partial charge in [-0.15, -0.1) is 10.2 Å². The smallest absolute Gasteiger partial charge is 0.191 e. The fraction of sp³-hybridized carbons (Fsp3) is 0.421. The van der Waals surface area contributed by atoms with E-state index in [-0.39, 0.29) is 0 Å². The Kier molecular flexibility index (Phi) is 7.15. The van der Waals surface area contributed by atoms with Gasteiger partial charge in [0.15, 0.2) is 11.8 Å². The number of aromatic nitrogens is 6. The van der Waals surface area contributed by atoms with Crippen molar-refractivity contribution >= 4 is 5.96 Å². The molecule has 2 aromatic heterocycles. The molecule has 0 amide bonds. The van der Waals surface area contributed by atoms with Crippen LogP contribution in [0.1, 0.15) is 25.5 Å². The van der Waals surface area contributed by atoms with Gasteiger partial charge >= 0.3 is 0 Å². The van der Waals surface area contributed by atoms with Gasteiger partial charge in [-0.3, -0.25) is 5.10 Å². The van der Waals surface area contributed by atoms with Gasteiger partial charge < -0.3 is 19.9 Å². The number of aryl methyl sites for hydroxylation is 1. The Morgan fingerprint density at radius 2 is 2.03 bits per heavy atom. The molecule has 10 nitrogen and oxygen atoms in total. The van der Waals surface area contributed by atoms with Crippen LogP contribution in [-0.2, 0) is 19.5 Å². The second-order valence-corrected chi connectivity index (χ2v) is 6.25. The molecule has 0 aliphatic carbocycles. The number of aromatic amines is 1. The SMILES string of the molecule is CCNC(=NCc1nc(-c2ccc(OC)cc2)n[nH]1)NCCn1cnnc1CC. The van der Waals surface area contributed by atoms with Crippen LogP contribution < -0.4 is 15.4 Å². The number of benzene rings is 1. The molecule has 0 aliphatic heterocycles. The third-order valence-corrected chi connectivity index (χ3v) is 4.27. The summed E-state index contributed by atoms with van der Waals surface area (Å²) in [5.74, 6) is 3.83. The molecule has 0 bridgehead atoms. The van der Waals surface area contributed by atoms with E-state index in [0.717, 1.165) is 42.6 Å². The van der Waals surface area contributed by atoms with Crippen molar-refractivity contribution < 1.29 is 4.74 Å². The lowest BCUT2D eigenvalue weighted by atomic mass is 10.2. The molecule has 1 aromatic carbocycles. The van der Waals surface area contributed by atoms with Crippen molar-refractivity contribution in [1.82, 2.24) is 40.6 Å². The first kappa shape index (κ1) is 20.3. The summed E-state index contributed by atoms with van der Waals surface area (Å²) < 4.78 is 7.21. The molecule has 0 unspecified atom stereocenters. The van der Waals surface area contributed by atoms with Crippen LogP contribution in [0.15, 0.2) is 35.6 Å². The lowest BCUT2D eigenvalue weighted by molar-refractivity contribution is 0.415. The number of H-pyrrole nitrogens is 1. The predicted molar refractivity (Wildman–Crippen MR) is 111 cm³/mol. The van der Waals surface area contributed by atoms with E-state index >= 15 is 0 Å². The number of methoxy groups -OCH3 is 1. The van der Waals surface area contributed by atoms with E-state index in [1.54, 1.807) is 13.4 Å². The molecular formula is C19H27N9O. The Morgan fingerprint density at radius 3 is 2.76 bits per heavy atom. The van der Waals surface area contributed by atoms with Crippen molar-refractivity contribution in [2.45, 2.75) is 33.4 Å². The average molecular weight is 397 g/mol. The third-order valence-electron chi connectivity index (χ3n) is 4.27. The molecule has 29 heavy (non-hydrogen) atoms. The molecule has 10 heteroatoms. The first-order valence-corrected chi connectivity index (χ1v) is 9.68. The minimum absolute atomic E-state index is 0.394. The molecule has 3 aromatic rings. The number of nitrogens with zero attached hydrogens (tertiary/aromatic N) is 6. The van der Waals surface area contributed by atoms with Crippen molar-refractivity contribution in [3.63, 3.8) is 0 Å². The highest BCUT2D eigenvalue weighted by Crippen LogP contribution is 2.18. The van der Waals surface area contributed by atoms with Gasteiger partial charge in [0.25, 0.3) is 0 Å². The summed E-state index contributed by atoms with van der Waals surface area (Å²) in [6.07, 6.45) is 2.61. The maximum atomic E-state index is 5.18. The fourth-order valence-electron chi connectivity index (χ4n) is 2.77. The summed E-state index contributed by atoms with van der Waals surface area (Å²) in [6.45, 7) is 6.74. The van der Waals surface area contributed by atoms with Gasteiger partial charge in [-0.2, -0.15) is 5.10 Å². The molecule has 2 heterocycles. The zero-order chi connectivity index (χ0) is 20.5. The molecule has 3 rings (SSSR count). The molecule has 0 atom stereocenters. The molecule has 0 spiro atoms. The van der Waals surface area contributed by atoms with E-state index in [2.05, 4.69) is 47.9 Å². The second-order valence-electron chi connectivity index (χ2n) is 6.25. The summed E-state index contributed by atoms with van der Waals surface area (Å²) in [7, 11) is 1.64. The topological polar surface area (TPSA) is 118 Å². The van der Waals surface area contributed by atoms with Crippen LogP contribution in [0, 0.1) is 0 Å². The zero-order valence-electron chi connectivity index (χ0n) is 17.0. The van der Waals surface area contributed by atoms with Crippen molar-refractivity contribution in [3.8, 4) is 17.1 Å². The van der Waals surface area contributed by atoms with Gasteiger partial charge in [0, 0.05) is 31.6 Å². The number of guanidine groups is 1. The van der Waals surface area contributed by atoms with Crippen molar-refractivity contribution in [1.29, 1.82) is 0 Å². The number of hydrogen-bond acceptors (Lipinski definition) is 6. The lowest BCUT2D eigenvalue weighted by Gasteiger charge is -2.11. The van der Waals surface area contributed by atoms with E-state index < -0.39 is 0 Å². The zero-order valence-corrected chi connectivity index (χ0v) is 17.0. The minimum atomic E-state index is 0.394. The van der Waals surface area contributed by atoms with Gasteiger partial charge in [-0.05, 0) is 31.2 Å². The Bertz CT molecular complexity index is 914. The van der Waals surface area contributed by atoms with E-state index in [4.69, 9.17) is 4.74 Å². The van der Waals surface area contributed by atoms with E-state index in [0.29, 0.717) is 24.7 Å². The Hall–Kier alpha value is -3.43. The monoisotopic (exact) mass is 397 g/mol. The molecule has 154 valence electrons. The van der Waals surface area contributed by atoms with E-state index in [1.807, 2.05) is 35.8 Å². The van der Waals surface area contributed by atoms with Gasteiger partial charge in [0.2, 0.25) is 0 Å². The van der Waals surface area contributed by atoms with Crippen LogP contribution in [0.4, 0.5) is 0 Å². The Balaban J connectivity index is 1.57. The number of aliphatic imine (C=N–C) groups is 1. The molecule has 0 saturated heterocycles. The first-order chi connectivity index (χ1) is 14.2. The summed E-state index contributed by atoms with van der Waals surface area (Å²) in [4.78, 5) is 9.10. The number of ether oxygens (including phenoxy) is 1. The number of hydrogen-bond donors (Lipinski definition) is 3. The molecular weight excluding hydrogens is 370 g/mol. The van der Waals surface area contributed by atoms with Crippen molar-refractivity contribution in [2.24, 2.45) is 4.99 Å². The number of nitrogens with one attached hydrogen (secondary N) is 3. The average Bonchev–Trinajstić information content (AvgIpc) is 3.41. The van der Waals surface area contributed by atoms with E-state index in [1.165, 1.54) is 0 Å². The van der Waals surface area contributed by atoms with Crippen LogP contribution in [0.3, 0.4) is 0 Å². The summed E-state index contributed by atoms with van der Waals surface area (Å²) >= 11 is 0. The van der Waals surface area contributed by atoms with Gasteiger partial charge in [0.05, 0.1) is 7.11 Å². The standard InChI is InChI=1S/C19H27N9O/c1-4-17-26-23-13-28(17)11-10-21-19(20-5-2)22-12-16-24-18(27-25-16)14-6-8-15(29-3)9-7-14/h6-9,13H,4-5,10-12H2,1-3H3,(H2,20,21,22)(H,24,25,27). The first-order valence-electron chi connectivity index (χ1n) is 9.68. The van der Waals surface area contributed by atoms with E-state index in [9.17, 15) is 0 Å². The quantitative estimate of drug-likeness (QED) is 0.369. The summed E-state index contributed by atoms with van der Waals surface area (Å²) in [6, 6.07) is 7.62. The van der Waals surface area contributed by atoms with Crippen LogP contribution in [-0.4, -0.2) is 56.1 Å². The highest BCUT2D eigenvalue weighted by Gasteiger charge is 2.07. The minimum Gasteiger partial charge on any atom is -0.497 e. The molecule has 0 saturated carbocycles. The lowest BCUT2D eigenvalue weighted by Crippen LogP contribution is -2.39. The normalized spacial score (nSPS) is 11.5. The van der Waals surface area contributed by atoms with Crippen LogP contribution in [0.25, 0.3) is 11.4 Å². The van der Waals surface area contributed by atoms with Gasteiger partial charge in [-0.25, -0.2) is 9.98 Å². The van der Waals surface area contributed by atoms with Crippen LogP contribution >= 0.6 is 0 Å². The highest BCUT2D eigenvalue weighted by molar-refractivity contribution is 5.79. The largest absolute Gasteiger partial charge is 0.497 e. The maximum absolute atomic E-state index is 5.18. The van der Waals surface area contributed by atoms with Crippen molar-refractivity contribution in [2.75, 3.05) is 20.2 Å². The van der Waals surface area contributed by atoms with Gasteiger partial charge in [-0.1, -0.05) is 6.92 Å². The second kappa shape index (κ2) is 10.2. The molecule has 3 N–H and O–H groups in total. The van der Waals surface area contributed by atoms with Crippen molar-refractivity contribution in [3.05, 3.63) is 42.2 Å². The third kappa shape index (κ3) is 5.53.